The van der Waals surface area contributed by atoms with E-state index in [-0.39, 0.29) is 11.3 Å². The minimum atomic E-state index is -1.06. The van der Waals surface area contributed by atoms with E-state index in [9.17, 15) is 14.9 Å². The number of para-hydroxylation sites is 1. The lowest BCUT2D eigenvalue weighted by Crippen LogP contribution is -2.32. The van der Waals surface area contributed by atoms with Gasteiger partial charge in [0, 0.05) is 5.39 Å². The van der Waals surface area contributed by atoms with Crippen molar-refractivity contribution < 1.29 is 19.0 Å². The number of rotatable bonds is 7. The highest BCUT2D eigenvalue weighted by Gasteiger charge is 2.23. The number of hydrogen-bond acceptors (Lipinski definition) is 7. The third-order valence-corrected chi connectivity index (χ3v) is 5.45. The van der Waals surface area contributed by atoms with Gasteiger partial charge in [0.2, 0.25) is 5.75 Å². The first-order chi connectivity index (χ1) is 17.0. The van der Waals surface area contributed by atoms with E-state index in [0.29, 0.717) is 39.3 Å². The highest BCUT2D eigenvalue weighted by atomic mass is 16.5. The molecule has 0 radical (unpaired) electrons. The van der Waals surface area contributed by atoms with Gasteiger partial charge in [-0.15, -0.1) is 0 Å². The molecule has 1 aromatic heterocycles. The van der Waals surface area contributed by atoms with Crippen LogP contribution in [0.1, 0.15) is 22.1 Å². The standard InChI is InChI=1S/C26H22N4O5/c1-33-21-13-16(14-22(34-2)24(21)35-3)20(15-27)28-25(31)23-18-11-7-8-12-19(18)26(32)30(29-23)17-9-5-4-6-10-17/h4-14,20H,1-3H3,(H,28,31)/t20-/m1/s1. The Morgan fingerprint density at radius 1 is 0.943 bits per heavy atom. The van der Waals surface area contributed by atoms with Crippen molar-refractivity contribution in [2.75, 3.05) is 21.3 Å². The number of nitriles is 1. The van der Waals surface area contributed by atoms with Crippen molar-refractivity contribution in [2.24, 2.45) is 0 Å². The van der Waals surface area contributed by atoms with Crippen molar-refractivity contribution in [3.05, 3.63) is 88.3 Å². The number of hydrogen-bond donors (Lipinski definition) is 1. The molecule has 0 aliphatic heterocycles. The average Bonchev–Trinajstić information content (AvgIpc) is 2.91. The summed E-state index contributed by atoms with van der Waals surface area (Å²) in [5, 5.41) is 17.6. The van der Waals surface area contributed by atoms with Crippen LogP contribution in [-0.2, 0) is 0 Å². The molecule has 0 saturated carbocycles. The molecule has 0 unspecified atom stereocenters. The average molecular weight is 470 g/mol. The van der Waals surface area contributed by atoms with Gasteiger partial charge < -0.3 is 19.5 Å². The van der Waals surface area contributed by atoms with Crippen molar-refractivity contribution >= 4 is 16.7 Å². The molecule has 1 atom stereocenters. The Morgan fingerprint density at radius 2 is 1.54 bits per heavy atom. The SMILES string of the molecule is COc1cc([C@@H](C#N)NC(=O)c2nn(-c3ccccc3)c(=O)c3ccccc23)cc(OC)c1OC. The van der Waals surface area contributed by atoms with Crippen LogP contribution in [0.4, 0.5) is 0 Å². The number of carbonyl (C=O) groups is 1. The summed E-state index contributed by atoms with van der Waals surface area (Å²) in [5.41, 5.74) is 0.594. The number of nitrogens with one attached hydrogen (secondary N) is 1. The Morgan fingerprint density at radius 3 is 2.11 bits per heavy atom. The van der Waals surface area contributed by atoms with E-state index >= 15 is 0 Å². The van der Waals surface area contributed by atoms with Crippen molar-refractivity contribution in [2.45, 2.75) is 6.04 Å². The maximum absolute atomic E-state index is 13.4. The maximum Gasteiger partial charge on any atom is 0.279 e. The van der Waals surface area contributed by atoms with Crippen LogP contribution in [0.2, 0.25) is 0 Å². The van der Waals surface area contributed by atoms with E-state index in [1.165, 1.54) is 26.0 Å². The third kappa shape index (κ3) is 4.37. The molecule has 4 aromatic rings. The minimum Gasteiger partial charge on any atom is -0.493 e. The fourth-order valence-corrected chi connectivity index (χ4v) is 3.76. The first-order valence-electron chi connectivity index (χ1n) is 10.6. The second kappa shape index (κ2) is 9.97. The highest BCUT2D eigenvalue weighted by molar-refractivity contribution is 6.05. The number of carbonyl (C=O) groups excluding carboxylic acids is 1. The zero-order valence-corrected chi connectivity index (χ0v) is 19.3. The van der Waals surface area contributed by atoms with E-state index in [2.05, 4.69) is 16.5 Å². The lowest BCUT2D eigenvalue weighted by atomic mass is 10.1. The molecule has 9 nitrogen and oxygen atoms in total. The van der Waals surface area contributed by atoms with Crippen LogP contribution >= 0.6 is 0 Å². The van der Waals surface area contributed by atoms with Crippen LogP contribution < -0.4 is 25.1 Å². The number of amides is 1. The number of fused-ring (bicyclic) bond motifs is 1. The van der Waals surface area contributed by atoms with Gasteiger partial charge in [0.05, 0.1) is 38.5 Å². The van der Waals surface area contributed by atoms with E-state index in [1.807, 2.05) is 6.07 Å². The van der Waals surface area contributed by atoms with Crippen molar-refractivity contribution in [3.63, 3.8) is 0 Å². The number of aromatic nitrogens is 2. The zero-order chi connectivity index (χ0) is 24.9. The molecule has 0 spiro atoms. The summed E-state index contributed by atoms with van der Waals surface area (Å²) in [7, 11) is 4.40. The van der Waals surface area contributed by atoms with E-state index in [1.54, 1.807) is 60.7 Å². The summed E-state index contributed by atoms with van der Waals surface area (Å²) in [4.78, 5) is 26.5. The fraction of sp³-hybridized carbons (Fsp3) is 0.154. The molecule has 9 heteroatoms. The summed E-state index contributed by atoms with van der Waals surface area (Å²) in [5.74, 6) is 0.436. The summed E-state index contributed by atoms with van der Waals surface area (Å²) in [6.45, 7) is 0. The maximum atomic E-state index is 13.4. The van der Waals surface area contributed by atoms with Crippen molar-refractivity contribution in [3.8, 4) is 29.0 Å². The van der Waals surface area contributed by atoms with Crippen LogP contribution in [0.25, 0.3) is 16.5 Å². The monoisotopic (exact) mass is 470 g/mol. The van der Waals surface area contributed by atoms with E-state index in [0.717, 1.165) is 0 Å². The Hall–Kier alpha value is -4.84. The van der Waals surface area contributed by atoms with Gasteiger partial charge in [0.1, 0.15) is 6.04 Å². The van der Waals surface area contributed by atoms with Gasteiger partial charge in [-0.3, -0.25) is 9.59 Å². The Bertz CT molecular complexity index is 1470. The topological polar surface area (TPSA) is 115 Å². The summed E-state index contributed by atoms with van der Waals surface area (Å²) in [6.07, 6.45) is 0. The molecular formula is C26H22N4O5. The van der Waals surface area contributed by atoms with E-state index in [4.69, 9.17) is 14.2 Å². The molecule has 0 aliphatic carbocycles. The summed E-state index contributed by atoms with van der Waals surface area (Å²) >= 11 is 0. The van der Waals surface area contributed by atoms with Gasteiger partial charge in [-0.25, -0.2) is 0 Å². The predicted octanol–water partition coefficient (Wildman–Crippen LogP) is 3.41. The second-order valence-corrected chi connectivity index (χ2v) is 7.44. The number of methoxy groups -OCH3 is 3. The second-order valence-electron chi connectivity index (χ2n) is 7.44. The molecule has 1 N–H and O–H groups in total. The van der Waals surface area contributed by atoms with Gasteiger partial charge in [0.15, 0.2) is 17.2 Å². The lowest BCUT2D eigenvalue weighted by molar-refractivity contribution is 0.0940. The third-order valence-electron chi connectivity index (χ3n) is 5.45. The van der Waals surface area contributed by atoms with Gasteiger partial charge in [-0.2, -0.15) is 15.0 Å². The Kier molecular flexibility index (Phi) is 6.64. The number of nitrogens with zero attached hydrogens (tertiary/aromatic N) is 3. The van der Waals surface area contributed by atoms with Crippen molar-refractivity contribution in [1.82, 2.24) is 15.1 Å². The number of benzene rings is 3. The lowest BCUT2D eigenvalue weighted by Gasteiger charge is -2.18. The first kappa shape index (κ1) is 23.3. The van der Waals surface area contributed by atoms with Crippen molar-refractivity contribution in [1.29, 1.82) is 5.26 Å². The first-order valence-corrected chi connectivity index (χ1v) is 10.6. The van der Waals surface area contributed by atoms with Crippen LogP contribution in [-0.4, -0.2) is 37.0 Å². The van der Waals surface area contributed by atoms with Gasteiger partial charge in [0.25, 0.3) is 11.5 Å². The largest absolute Gasteiger partial charge is 0.493 e. The molecule has 0 fully saturated rings. The van der Waals surface area contributed by atoms with Gasteiger partial charge in [-0.1, -0.05) is 36.4 Å². The minimum absolute atomic E-state index is 0.0109. The van der Waals surface area contributed by atoms with Crippen LogP contribution in [0.3, 0.4) is 0 Å². The molecule has 176 valence electrons. The highest BCUT2D eigenvalue weighted by Crippen LogP contribution is 2.39. The summed E-state index contributed by atoms with van der Waals surface area (Å²) in [6, 6.07) is 19.7. The van der Waals surface area contributed by atoms with Gasteiger partial charge >= 0.3 is 0 Å². The smallest absolute Gasteiger partial charge is 0.279 e. The summed E-state index contributed by atoms with van der Waals surface area (Å²) < 4.78 is 17.2. The molecule has 35 heavy (non-hydrogen) atoms. The molecule has 4 rings (SSSR count). The predicted molar refractivity (Wildman–Crippen MR) is 129 cm³/mol. The molecule has 0 bridgehead atoms. The molecular weight excluding hydrogens is 448 g/mol. The molecule has 1 amide bonds. The Labute approximate surface area is 201 Å². The molecule has 3 aromatic carbocycles. The van der Waals surface area contributed by atoms with Crippen LogP contribution in [0.15, 0.2) is 71.5 Å². The zero-order valence-electron chi connectivity index (χ0n) is 19.3. The van der Waals surface area contributed by atoms with Crippen LogP contribution in [0, 0.1) is 11.3 Å². The van der Waals surface area contributed by atoms with E-state index < -0.39 is 11.9 Å². The fourth-order valence-electron chi connectivity index (χ4n) is 3.76. The number of ether oxygens (including phenoxy) is 3. The molecule has 1 heterocycles. The van der Waals surface area contributed by atoms with Gasteiger partial charge in [-0.05, 0) is 35.9 Å². The molecule has 0 aliphatic rings. The quantitative estimate of drug-likeness (QED) is 0.440. The van der Waals surface area contributed by atoms with Crippen LogP contribution in [0.5, 0.6) is 17.2 Å². The normalized spacial score (nSPS) is 11.4. The molecule has 0 saturated heterocycles. The Balaban J connectivity index is 1.79.